The standard InChI is InChI=1S/C21H38O14S.C21H40O9.2Na/c1-15(2)14(34-16(3,10-32-36(28,29)30)11(31-9)17(15,4)25)35-21(8)19(6,12(22)23)33-13(24)18(5,26)20(21,7)27;1-15(2)14(29-17(5,11-22)12(27-10)18(15,6)24)30-21(9)16(3,4)28-13(23)19(7,25)20(21,8)26;;/h11,13-14,24-27H,10H2,1-9H3,(H,22,23)(H,28,29,30);12-14,22-26H,11H2,1-10H3;;/q;;2*+1/p-2. The van der Waals surface area contributed by atoms with Gasteiger partial charge in [0.15, 0.2) is 25.2 Å². The van der Waals surface area contributed by atoms with Crippen molar-refractivity contribution in [2.45, 2.75) is 222 Å². The Morgan fingerprint density at radius 1 is 0.574 bits per heavy atom. The Morgan fingerprint density at radius 3 is 1.26 bits per heavy atom. The summed E-state index contributed by atoms with van der Waals surface area (Å²) in [5.74, 6) is -1.92. The number of methoxy groups -OCH3 is 2. The third-order valence-electron chi connectivity index (χ3n) is 16.6. The van der Waals surface area contributed by atoms with E-state index in [0.29, 0.717) is 0 Å². The molecule has 17 atom stereocenters. The van der Waals surface area contributed by atoms with Crippen LogP contribution in [-0.2, 0) is 57.3 Å². The number of ether oxygens (including phenoxy) is 8. The molecule has 4 rings (SSSR count). The molecule has 0 aromatic heterocycles. The van der Waals surface area contributed by atoms with E-state index < -0.39 is 145 Å². The first-order chi connectivity index (χ1) is 29.0. The zero-order chi connectivity index (χ0) is 52.3. The van der Waals surface area contributed by atoms with E-state index >= 15 is 0 Å². The fraction of sp³-hybridized carbons (Fsp3) is 0.976. The van der Waals surface area contributed by atoms with Crippen LogP contribution in [0.1, 0.15) is 118 Å². The van der Waals surface area contributed by atoms with Gasteiger partial charge in [-0.1, -0.05) is 27.7 Å². The molecule has 0 bridgehead atoms. The van der Waals surface area contributed by atoms with Crippen molar-refractivity contribution in [2.75, 3.05) is 27.4 Å². The predicted molar refractivity (Wildman–Crippen MR) is 223 cm³/mol. The molecule has 390 valence electrons. The molecule has 0 saturated carbocycles. The van der Waals surface area contributed by atoms with Gasteiger partial charge in [0.2, 0.25) is 10.4 Å². The van der Waals surface area contributed by atoms with E-state index in [1.807, 2.05) is 0 Å². The Kier molecular flexibility index (Phi) is 19.6. The Labute approximate surface area is 443 Å². The number of rotatable bonds is 11. The summed E-state index contributed by atoms with van der Waals surface area (Å²) in [6, 6.07) is 0. The maximum atomic E-state index is 12.3. The molecule has 0 amide bonds. The first-order valence-corrected chi connectivity index (χ1v) is 22.6. The molecule has 23 nitrogen and oxygen atoms in total. The maximum absolute atomic E-state index is 12.3. The number of carbonyl (C=O) groups is 1. The molecule has 0 radical (unpaired) electrons. The van der Waals surface area contributed by atoms with Gasteiger partial charge >= 0.3 is 59.1 Å². The van der Waals surface area contributed by atoms with Crippen molar-refractivity contribution in [1.82, 2.24) is 0 Å². The minimum atomic E-state index is -5.20. The van der Waals surface area contributed by atoms with Crippen molar-refractivity contribution in [3.63, 3.8) is 0 Å². The van der Waals surface area contributed by atoms with Gasteiger partial charge in [-0.15, -0.1) is 0 Å². The van der Waals surface area contributed by atoms with E-state index in [-0.39, 0.29) is 59.1 Å². The summed E-state index contributed by atoms with van der Waals surface area (Å²) in [7, 11) is -2.57. The van der Waals surface area contributed by atoms with Crippen LogP contribution >= 0.6 is 0 Å². The number of carboxylic acids is 1. The predicted octanol–water partition coefficient (Wildman–Crippen LogP) is -8.20. The first-order valence-electron chi connectivity index (χ1n) is 21.2. The van der Waals surface area contributed by atoms with E-state index in [1.54, 1.807) is 48.5 Å². The van der Waals surface area contributed by atoms with Crippen molar-refractivity contribution in [2.24, 2.45) is 10.8 Å². The van der Waals surface area contributed by atoms with Gasteiger partial charge in [-0.3, -0.25) is 4.18 Å². The van der Waals surface area contributed by atoms with Crippen LogP contribution in [0.4, 0.5) is 0 Å². The third-order valence-corrected chi connectivity index (χ3v) is 17.0. The third kappa shape index (κ3) is 9.87. The maximum Gasteiger partial charge on any atom is 1.00 e. The van der Waals surface area contributed by atoms with Crippen molar-refractivity contribution in [3.05, 3.63) is 0 Å². The van der Waals surface area contributed by atoms with Crippen LogP contribution < -0.4 is 64.2 Å². The van der Waals surface area contributed by atoms with Gasteiger partial charge in [0.05, 0.1) is 24.8 Å². The summed E-state index contributed by atoms with van der Waals surface area (Å²) in [5, 5.41) is 111. The molecule has 4 aliphatic rings. The topological polar surface area (TPSA) is 362 Å². The summed E-state index contributed by atoms with van der Waals surface area (Å²) in [6.45, 7) is 22.2. The van der Waals surface area contributed by atoms with E-state index in [1.165, 1.54) is 55.8 Å². The molecule has 0 aromatic carbocycles. The Bertz CT molecular complexity index is 1910. The molecule has 26 heteroatoms. The number of carboxylic acid groups (broad SMARTS) is 1. The summed E-state index contributed by atoms with van der Waals surface area (Å²) in [5.41, 5.74) is -26.3. The van der Waals surface area contributed by atoms with Crippen molar-refractivity contribution in [1.29, 1.82) is 0 Å². The molecule has 0 aliphatic carbocycles. The fourth-order valence-corrected chi connectivity index (χ4v) is 9.96. The smallest absolute Gasteiger partial charge is 0.726 e. The molecular weight excluding hydrogens is 950 g/mol. The zero-order valence-electron chi connectivity index (χ0n) is 43.5. The van der Waals surface area contributed by atoms with Gasteiger partial charge in [0.1, 0.15) is 73.8 Å². The van der Waals surface area contributed by atoms with Crippen LogP contribution in [0.25, 0.3) is 0 Å². The monoisotopic (exact) mass is 1030 g/mol. The average Bonchev–Trinajstić information content (AvgIpc) is 3.14. The second kappa shape index (κ2) is 20.0. The second-order valence-corrected chi connectivity index (χ2v) is 22.9. The fourth-order valence-electron chi connectivity index (χ4n) is 9.58. The van der Waals surface area contributed by atoms with Crippen LogP contribution in [-0.4, -0.2) is 197 Å². The molecule has 4 aliphatic heterocycles. The van der Waals surface area contributed by atoms with E-state index in [9.17, 15) is 68.8 Å². The minimum Gasteiger partial charge on any atom is -0.726 e. The Hall–Kier alpha value is 0.660. The second-order valence-electron chi connectivity index (χ2n) is 21.8. The quantitative estimate of drug-likeness (QED) is 0.0527. The molecule has 4 fully saturated rings. The zero-order valence-corrected chi connectivity index (χ0v) is 48.3. The van der Waals surface area contributed by atoms with Crippen LogP contribution in [0, 0.1) is 10.8 Å². The number of aliphatic hydroxyl groups is 9. The van der Waals surface area contributed by atoms with Gasteiger partial charge in [0.25, 0.3) is 0 Å². The SMILES string of the molecule is COC1C(C)(CO)OC(OC2(C)C(C)(C)OC(O)C(C)(O)C2(C)O)C(C)(C)C1(C)O.COC1C(C)(COS(=O)(=O)[O-])OC(OC2(C)C(C)(C(=O)[O-])OC(O)C(C)(O)C2(C)O)C(C)(C)C1(C)O.[Na+].[Na+]. The Balaban J connectivity index is 0.000000670. The van der Waals surface area contributed by atoms with Crippen molar-refractivity contribution >= 4 is 16.4 Å². The summed E-state index contributed by atoms with van der Waals surface area (Å²) < 4.78 is 84.2. The molecule has 4 saturated heterocycles. The summed E-state index contributed by atoms with van der Waals surface area (Å²) in [6.07, 6.45) is -8.88. The number of aliphatic carboxylic acids is 1. The number of aliphatic hydroxyl groups excluding tert-OH is 3. The van der Waals surface area contributed by atoms with Crippen molar-refractivity contribution < 1.29 is 170 Å². The molecule has 17 unspecified atom stereocenters. The van der Waals surface area contributed by atoms with Crippen LogP contribution in [0.15, 0.2) is 0 Å². The molecule has 9 N–H and O–H groups in total. The number of hydrogen-bond donors (Lipinski definition) is 9. The van der Waals surface area contributed by atoms with Crippen LogP contribution in [0.2, 0.25) is 0 Å². The molecular formula is C42H76Na2O23S. The van der Waals surface area contributed by atoms with E-state index in [4.69, 9.17) is 37.9 Å². The van der Waals surface area contributed by atoms with Gasteiger partial charge in [-0.2, -0.15) is 0 Å². The summed E-state index contributed by atoms with van der Waals surface area (Å²) >= 11 is 0. The number of carbonyl (C=O) groups excluding carboxylic acids is 1. The molecule has 0 spiro atoms. The van der Waals surface area contributed by atoms with Gasteiger partial charge in [0, 0.05) is 25.0 Å². The van der Waals surface area contributed by atoms with E-state index in [0.717, 1.165) is 27.7 Å². The van der Waals surface area contributed by atoms with Crippen molar-refractivity contribution in [3.8, 4) is 0 Å². The largest absolute Gasteiger partial charge is 1.00 e. The normalized spacial score (nSPS) is 49.8. The molecule has 68 heavy (non-hydrogen) atoms. The first kappa shape index (κ1) is 66.7. The summed E-state index contributed by atoms with van der Waals surface area (Å²) in [4.78, 5) is 12.3. The van der Waals surface area contributed by atoms with Gasteiger partial charge in [-0.05, 0) is 90.0 Å². The molecule has 0 aromatic rings. The number of hydrogen-bond acceptors (Lipinski definition) is 23. The van der Waals surface area contributed by atoms with Crippen LogP contribution in [0.3, 0.4) is 0 Å². The minimum absolute atomic E-state index is 0. The van der Waals surface area contributed by atoms with Crippen LogP contribution in [0.5, 0.6) is 0 Å². The van der Waals surface area contributed by atoms with E-state index in [2.05, 4.69) is 4.18 Å². The van der Waals surface area contributed by atoms with Gasteiger partial charge < -0.3 is 98.3 Å². The average molecular weight is 1030 g/mol. The molecule has 4 heterocycles. The Morgan fingerprint density at radius 2 is 0.912 bits per heavy atom. The van der Waals surface area contributed by atoms with Gasteiger partial charge in [-0.25, -0.2) is 8.42 Å².